The Bertz CT molecular complexity index is 681. The van der Waals surface area contributed by atoms with Crippen molar-refractivity contribution in [2.24, 2.45) is 5.92 Å². The zero-order valence-electron chi connectivity index (χ0n) is 15.7. The van der Waals surface area contributed by atoms with Gasteiger partial charge in [-0.15, -0.1) is 0 Å². The first-order valence-electron chi connectivity index (χ1n) is 9.37. The molecule has 0 spiro atoms. The number of amides is 3. The number of hydrogen-bond donors (Lipinski definition) is 2. The van der Waals surface area contributed by atoms with E-state index in [9.17, 15) is 19.2 Å². The molecule has 3 rings (SSSR count). The lowest BCUT2D eigenvalue weighted by atomic mass is 9.98. The molecule has 3 amide bonds. The van der Waals surface area contributed by atoms with Crippen LogP contribution >= 0.6 is 0 Å². The molecule has 0 radical (unpaired) electrons. The predicted molar refractivity (Wildman–Crippen MR) is 100 cm³/mol. The molecule has 1 aromatic rings. The fourth-order valence-electron chi connectivity index (χ4n) is 3.06. The second-order valence-corrected chi connectivity index (χ2v) is 6.34. The van der Waals surface area contributed by atoms with Gasteiger partial charge >= 0.3 is 0 Å². The molecule has 0 aromatic carbocycles. The molecule has 2 N–H and O–H groups in total. The van der Waals surface area contributed by atoms with Gasteiger partial charge in [-0.3, -0.25) is 19.7 Å². The number of piperidine rings is 2. The van der Waals surface area contributed by atoms with E-state index >= 15 is 0 Å². The van der Waals surface area contributed by atoms with Crippen molar-refractivity contribution in [1.82, 2.24) is 15.6 Å². The summed E-state index contributed by atoms with van der Waals surface area (Å²) in [4.78, 5) is 52.1. The predicted octanol–water partition coefficient (Wildman–Crippen LogP) is 1.06. The van der Waals surface area contributed by atoms with E-state index in [0.717, 1.165) is 37.9 Å². The highest BCUT2D eigenvalue weighted by atomic mass is 16.2. The van der Waals surface area contributed by atoms with Gasteiger partial charge < -0.3 is 15.0 Å². The van der Waals surface area contributed by atoms with E-state index in [1.54, 1.807) is 12.3 Å². The largest absolute Gasteiger partial charge is 0.370 e. The molecule has 2 aliphatic rings. The fraction of sp³-hybridized carbons (Fsp3) is 0.526. The van der Waals surface area contributed by atoms with Gasteiger partial charge in [-0.2, -0.15) is 0 Å². The van der Waals surface area contributed by atoms with Crippen molar-refractivity contribution < 1.29 is 19.2 Å². The van der Waals surface area contributed by atoms with E-state index in [1.807, 2.05) is 19.9 Å². The normalized spacial score (nSPS) is 20.2. The van der Waals surface area contributed by atoms with Gasteiger partial charge in [0, 0.05) is 25.4 Å². The van der Waals surface area contributed by atoms with Crippen molar-refractivity contribution in [3.63, 3.8) is 0 Å². The number of rotatable bonds is 4. The summed E-state index contributed by atoms with van der Waals surface area (Å²) < 4.78 is 0. The maximum absolute atomic E-state index is 12.2. The Balaban J connectivity index is 0.00000126. The van der Waals surface area contributed by atoms with Crippen molar-refractivity contribution in [1.29, 1.82) is 0 Å². The second-order valence-electron chi connectivity index (χ2n) is 6.34. The zero-order valence-corrected chi connectivity index (χ0v) is 15.7. The van der Waals surface area contributed by atoms with Gasteiger partial charge in [0.1, 0.15) is 18.0 Å². The minimum atomic E-state index is -0.714. The maximum Gasteiger partial charge on any atom is 0.270 e. The van der Waals surface area contributed by atoms with Crippen LogP contribution in [0.1, 0.15) is 50.0 Å². The Morgan fingerprint density at radius 3 is 2.48 bits per heavy atom. The summed E-state index contributed by atoms with van der Waals surface area (Å²) in [7, 11) is 0. The number of aldehydes is 1. The number of pyridine rings is 1. The van der Waals surface area contributed by atoms with Gasteiger partial charge in [0.15, 0.2) is 0 Å². The molecule has 0 aliphatic carbocycles. The lowest BCUT2D eigenvalue weighted by Crippen LogP contribution is -2.52. The van der Waals surface area contributed by atoms with E-state index < -0.39 is 17.9 Å². The molecule has 8 nitrogen and oxygen atoms in total. The molecular formula is C19H26N4O4. The van der Waals surface area contributed by atoms with E-state index in [1.165, 1.54) is 0 Å². The van der Waals surface area contributed by atoms with Crippen LogP contribution in [0.5, 0.6) is 0 Å². The Morgan fingerprint density at radius 2 is 1.93 bits per heavy atom. The van der Waals surface area contributed by atoms with Crippen LogP contribution in [-0.4, -0.2) is 48.1 Å². The first-order chi connectivity index (χ1) is 13.1. The van der Waals surface area contributed by atoms with Crippen LogP contribution in [0.25, 0.3) is 0 Å². The molecule has 3 heterocycles. The number of hydrogen-bond acceptors (Lipinski definition) is 6. The van der Waals surface area contributed by atoms with Crippen molar-refractivity contribution in [2.75, 3.05) is 18.0 Å². The van der Waals surface area contributed by atoms with Crippen molar-refractivity contribution in [2.45, 2.75) is 45.6 Å². The molecule has 146 valence electrons. The van der Waals surface area contributed by atoms with Crippen LogP contribution < -0.4 is 15.5 Å². The third kappa shape index (κ3) is 5.35. The molecule has 2 saturated heterocycles. The van der Waals surface area contributed by atoms with E-state index in [0.29, 0.717) is 6.42 Å². The first kappa shape index (κ1) is 20.5. The van der Waals surface area contributed by atoms with Gasteiger partial charge in [-0.25, -0.2) is 4.98 Å². The standard InChI is InChI=1S/C17H20N4O4.C2H6/c22-10-11-5-7-21(8-6-11)12-1-2-13(18-9-12)16(24)19-14-3-4-15(23)20-17(14)25;1-2/h1-2,9-11,14H,3-8H2,(H,19,24)(H,20,23,25);1-2H3. The average molecular weight is 374 g/mol. The quantitative estimate of drug-likeness (QED) is 0.603. The third-order valence-electron chi connectivity index (χ3n) is 4.62. The summed E-state index contributed by atoms with van der Waals surface area (Å²) >= 11 is 0. The Morgan fingerprint density at radius 1 is 1.22 bits per heavy atom. The average Bonchev–Trinajstić information content (AvgIpc) is 2.72. The molecule has 2 aliphatic heterocycles. The zero-order chi connectivity index (χ0) is 19.8. The lowest BCUT2D eigenvalue weighted by Gasteiger charge is -2.31. The number of nitrogens with one attached hydrogen (secondary N) is 2. The first-order valence-corrected chi connectivity index (χ1v) is 9.37. The molecule has 2 fully saturated rings. The fourth-order valence-corrected chi connectivity index (χ4v) is 3.06. The van der Waals surface area contributed by atoms with Crippen LogP contribution in [0, 0.1) is 5.92 Å². The van der Waals surface area contributed by atoms with Crippen molar-refractivity contribution in [3.8, 4) is 0 Å². The van der Waals surface area contributed by atoms with Crippen LogP contribution in [0.15, 0.2) is 18.3 Å². The topological polar surface area (TPSA) is 108 Å². The molecule has 1 aromatic heterocycles. The number of aromatic nitrogens is 1. The number of carbonyl (C=O) groups is 4. The maximum atomic E-state index is 12.2. The molecule has 1 atom stereocenters. The van der Waals surface area contributed by atoms with Crippen LogP contribution in [0.4, 0.5) is 5.69 Å². The summed E-state index contributed by atoms with van der Waals surface area (Å²) in [5.74, 6) is -1.13. The molecule has 0 bridgehead atoms. The van der Waals surface area contributed by atoms with Gasteiger partial charge in [0.2, 0.25) is 11.8 Å². The molecule has 8 heteroatoms. The smallest absolute Gasteiger partial charge is 0.270 e. The van der Waals surface area contributed by atoms with Crippen LogP contribution in [0.3, 0.4) is 0 Å². The number of imide groups is 1. The summed E-state index contributed by atoms with van der Waals surface area (Å²) in [6.45, 7) is 5.57. The number of anilines is 1. The lowest BCUT2D eigenvalue weighted by molar-refractivity contribution is -0.134. The summed E-state index contributed by atoms with van der Waals surface area (Å²) in [5.41, 5.74) is 1.12. The van der Waals surface area contributed by atoms with Crippen molar-refractivity contribution in [3.05, 3.63) is 24.0 Å². The highest BCUT2D eigenvalue weighted by molar-refractivity contribution is 6.03. The number of carbonyl (C=O) groups excluding carboxylic acids is 4. The monoisotopic (exact) mass is 374 g/mol. The van der Waals surface area contributed by atoms with Crippen LogP contribution in [0.2, 0.25) is 0 Å². The van der Waals surface area contributed by atoms with Crippen molar-refractivity contribution >= 4 is 29.7 Å². The van der Waals surface area contributed by atoms with E-state index in [2.05, 4.69) is 20.5 Å². The second kappa shape index (κ2) is 9.80. The van der Waals surface area contributed by atoms with E-state index in [4.69, 9.17) is 0 Å². The molecule has 0 saturated carbocycles. The highest BCUT2D eigenvalue weighted by Crippen LogP contribution is 2.21. The molecule has 27 heavy (non-hydrogen) atoms. The third-order valence-corrected chi connectivity index (χ3v) is 4.62. The van der Waals surface area contributed by atoms with Gasteiger partial charge in [0.25, 0.3) is 5.91 Å². The van der Waals surface area contributed by atoms with Gasteiger partial charge in [0.05, 0.1) is 11.9 Å². The highest BCUT2D eigenvalue weighted by Gasteiger charge is 2.28. The molecular weight excluding hydrogens is 348 g/mol. The summed E-state index contributed by atoms with van der Waals surface area (Å²) in [6, 6.07) is 2.71. The summed E-state index contributed by atoms with van der Waals surface area (Å²) in [5, 5.41) is 4.80. The van der Waals surface area contributed by atoms with Gasteiger partial charge in [-0.05, 0) is 31.4 Å². The minimum absolute atomic E-state index is 0.128. The minimum Gasteiger partial charge on any atom is -0.370 e. The summed E-state index contributed by atoms with van der Waals surface area (Å²) in [6.07, 6.45) is 4.78. The SMILES string of the molecule is CC.O=CC1CCN(c2ccc(C(=O)NC3CCC(=O)NC3=O)nc2)CC1. The molecule has 1 unspecified atom stereocenters. The Kier molecular flexibility index (Phi) is 7.45. The van der Waals surface area contributed by atoms with Crippen LogP contribution in [-0.2, 0) is 14.4 Å². The van der Waals surface area contributed by atoms with E-state index in [-0.39, 0.29) is 23.9 Å². The Labute approximate surface area is 158 Å². The number of nitrogens with zero attached hydrogens (tertiary/aromatic N) is 2. The van der Waals surface area contributed by atoms with Gasteiger partial charge in [-0.1, -0.05) is 13.8 Å². The Hall–Kier alpha value is -2.77.